The normalized spacial score (nSPS) is 10.5. The lowest BCUT2D eigenvalue weighted by atomic mass is 10.3. The summed E-state index contributed by atoms with van der Waals surface area (Å²) < 4.78 is 7.09. The number of aryl methyl sites for hydroxylation is 1. The van der Waals surface area contributed by atoms with Crippen molar-refractivity contribution in [2.45, 2.75) is 6.92 Å². The Morgan fingerprint density at radius 1 is 1.43 bits per heavy atom. The van der Waals surface area contributed by atoms with E-state index in [0.29, 0.717) is 0 Å². The van der Waals surface area contributed by atoms with Crippen LogP contribution in [0, 0.1) is 6.92 Å². The van der Waals surface area contributed by atoms with Gasteiger partial charge in [0.05, 0.1) is 5.56 Å². The number of hydrogen-bond donors (Lipinski definition) is 1. The predicted octanol–water partition coefficient (Wildman–Crippen LogP) is 1.43. The molecule has 0 atom stereocenters. The third-order valence-corrected chi connectivity index (χ3v) is 2.09. The van der Waals surface area contributed by atoms with Gasteiger partial charge in [-0.3, -0.25) is 4.57 Å². The van der Waals surface area contributed by atoms with Crippen LogP contribution in [0.5, 0.6) is 0 Å². The van der Waals surface area contributed by atoms with Crippen LogP contribution < -0.4 is 5.32 Å². The van der Waals surface area contributed by atoms with Crippen molar-refractivity contribution >= 4 is 5.95 Å². The Balaban J connectivity index is 2.46. The van der Waals surface area contributed by atoms with Crippen molar-refractivity contribution in [3.63, 3.8) is 0 Å². The van der Waals surface area contributed by atoms with E-state index in [1.807, 2.05) is 31.7 Å². The lowest BCUT2D eigenvalue weighted by Crippen LogP contribution is -1.99. The molecule has 74 valence electrons. The largest absolute Gasteiger partial charge is 0.469 e. The molecule has 14 heavy (non-hydrogen) atoms. The summed E-state index contributed by atoms with van der Waals surface area (Å²) >= 11 is 0. The second-order valence-corrected chi connectivity index (χ2v) is 3.10. The van der Waals surface area contributed by atoms with Crippen molar-refractivity contribution in [2.24, 2.45) is 7.05 Å². The highest BCUT2D eigenvalue weighted by molar-refractivity contribution is 5.56. The molecule has 0 fully saturated rings. The highest BCUT2D eigenvalue weighted by Crippen LogP contribution is 2.20. The van der Waals surface area contributed by atoms with Crippen LogP contribution in [0.1, 0.15) is 5.76 Å². The molecule has 0 unspecified atom stereocenters. The molecule has 0 bridgehead atoms. The van der Waals surface area contributed by atoms with Crippen LogP contribution in [0.25, 0.3) is 11.4 Å². The number of rotatable bonds is 2. The van der Waals surface area contributed by atoms with Crippen molar-refractivity contribution < 1.29 is 4.42 Å². The molecule has 0 spiro atoms. The molecule has 5 nitrogen and oxygen atoms in total. The van der Waals surface area contributed by atoms with Gasteiger partial charge in [0.1, 0.15) is 12.0 Å². The van der Waals surface area contributed by atoms with E-state index in [9.17, 15) is 0 Å². The molecule has 0 radical (unpaired) electrons. The van der Waals surface area contributed by atoms with Gasteiger partial charge in [0.2, 0.25) is 5.95 Å². The van der Waals surface area contributed by atoms with E-state index in [2.05, 4.69) is 15.5 Å². The van der Waals surface area contributed by atoms with Crippen LogP contribution in [-0.4, -0.2) is 21.8 Å². The Morgan fingerprint density at radius 2 is 2.21 bits per heavy atom. The summed E-state index contributed by atoms with van der Waals surface area (Å²) in [4.78, 5) is 0. The van der Waals surface area contributed by atoms with Crippen molar-refractivity contribution in [3.8, 4) is 11.4 Å². The highest BCUT2D eigenvalue weighted by atomic mass is 16.3. The minimum Gasteiger partial charge on any atom is -0.469 e. The molecule has 0 aliphatic carbocycles. The average Bonchev–Trinajstić information content (AvgIpc) is 2.72. The molecule has 5 heteroatoms. The maximum Gasteiger partial charge on any atom is 0.224 e. The molecule has 0 saturated heterocycles. The van der Waals surface area contributed by atoms with E-state index in [1.165, 1.54) is 0 Å². The molecule has 2 rings (SSSR count). The van der Waals surface area contributed by atoms with Crippen molar-refractivity contribution in [2.75, 3.05) is 12.4 Å². The number of aromatic nitrogens is 3. The highest BCUT2D eigenvalue weighted by Gasteiger charge is 2.10. The topological polar surface area (TPSA) is 55.9 Å². The number of anilines is 1. The molecule has 1 N–H and O–H groups in total. The first kappa shape index (κ1) is 8.80. The van der Waals surface area contributed by atoms with Gasteiger partial charge in [0, 0.05) is 14.1 Å². The van der Waals surface area contributed by atoms with Gasteiger partial charge in [-0.05, 0) is 13.0 Å². The number of nitrogens with one attached hydrogen (secondary N) is 1. The van der Waals surface area contributed by atoms with Gasteiger partial charge in [-0.2, -0.15) is 0 Å². The lowest BCUT2D eigenvalue weighted by Gasteiger charge is -1.99. The molecule has 2 aromatic rings. The molecule has 0 aliphatic heterocycles. The summed E-state index contributed by atoms with van der Waals surface area (Å²) in [7, 11) is 3.72. The molecule has 0 aromatic carbocycles. The Labute approximate surface area is 81.8 Å². The standard InChI is InChI=1S/C9H12N4O/c1-6-4-7(5-14-6)8-11-12-9(10-2)13(8)3/h4-5H,1-3H3,(H,10,12). The van der Waals surface area contributed by atoms with Crippen LogP contribution >= 0.6 is 0 Å². The number of nitrogens with zero attached hydrogens (tertiary/aromatic N) is 3. The zero-order valence-electron chi connectivity index (χ0n) is 8.40. The molecule has 0 amide bonds. The van der Waals surface area contributed by atoms with Gasteiger partial charge >= 0.3 is 0 Å². The average molecular weight is 192 g/mol. The van der Waals surface area contributed by atoms with Crippen LogP contribution in [-0.2, 0) is 7.05 Å². The summed E-state index contributed by atoms with van der Waals surface area (Å²) in [6.07, 6.45) is 1.68. The molecular formula is C9H12N4O. The third-order valence-electron chi connectivity index (χ3n) is 2.09. The maximum atomic E-state index is 5.22. The molecule has 0 aliphatic rings. The van der Waals surface area contributed by atoms with E-state index >= 15 is 0 Å². The first-order valence-corrected chi connectivity index (χ1v) is 4.35. The monoisotopic (exact) mass is 192 g/mol. The Hall–Kier alpha value is -1.78. The quantitative estimate of drug-likeness (QED) is 0.781. The van der Waals surface area contributed by atoms with Crippen LogP contribution in [0.2, 0.25) is 0 Å². The fourth-order valence-corrected chi connectivity index (χ4v) is 1.36. The predicted molar refractivity (Wildman–Crippen MR) is 53.0 cm³/mol. The molecule has 2 heterocycles. The molecule has 0 saturated carbocycles. The van der Waals surface area contributed by atoms with Crippen LogP contribution in [0.4, 0.5) is 5.95 Å². The van der Waals surface area contributed by atoms with Gasteiger partial charge in [-0.1, -0.05) is 0 Å². The van der Waals surface area contributed by atoms with Gasteiger partial charge in [0.25, 0.3) is 0 Å². The zero-order valence-corrected chi connectivity index (χ0v) is 8.40. The van der Waals surface area contributed by atoms with Crippen molar-refractivity contribution in [1.82, 2.24) is 14.8 Å². The first-order chi connectivity index (χ1) is 6.72. The maximum absolute atomic E-state index is 5.22. The summed E-state index contributed by atoms with van der Waals surface area (Å²) in [5.41, 5.74) is 0.944. The van der Waals surface area contributed by atoms with Gasteiger partial charge in [0.15, 0.2) is 5.82 Å². The van der Waals surface area contributed by atoms with Gasteiger partial charge in [-0.25, -0.2) is 0 Å². The Kier molecular flexibility index (Phi) is 1.99. The third kappa shape index (κ3) is 1.26. The second kappa shape index (κ2) is 3.17. The van der Waals surface area contributed by atoms with Gasteiger partial charge < -0.3 is 9.73 Å². The van der Waals surface area contributed by atoms with Crippen LogP contribution in [0.15, 0.2) is 16.7 Å². The Bertz CT molecular complexity index is 443. The summed E-state index contributed by atoms with van der Waals surface area (Å²) in [6, 6.07) is 1.93. The smallest absolute Gasteiger partial charge is 0.224 e. The summed E-state index contributed by atoms with van der Waals surface area (Å²) in [6.45, 7) is 1.90. The van der Waals surface area contributed by atoms with Crippen molar-refractivity contribution in [3.05, 3.63) is 18.1 Å². The summed E-state index contributed by atoms with van der Waals surface area (Å²) in [5.74, 6) is 2.40. The van der Waals surface area contributed by atoms with Crippen molar-refractivity contribution in [1.29, 1.82) is 0 Å². The molecule has 2 aromatic heterocycles. The zero-order chi connectivity index (χ0) is 10.1. The minimum atomic E-state index is 0.735. The Morgan fingerprint density at radius 3 is 2.71 bits per heavy atom. The van der Waals surface area contributed by atoms with E-state index in [4.69, 9.17) is 4.42 Å². The molecular weight excluding hydrogens is 180 g/mol. The first-order valence-electron chi connectivity index (χ1n) is 4.35. The number of hydrogen-bond acceptors (Lipinski definition) is 4. The SMILES string of the molecule is CNc1nnc(-c2coc(C)c2)n1C. The van der Waals surface area contributed by atoms with E-state index in [0.717, 1.165) is 23.1 Å². The minimum absolute atomic E-state index is 0.735. The van der Waals surface area contributed by atoms with E-state index in [-0.39, 0.29) is 0 Å². The number of furan rings is 1. The fraction of sp³-hybridized carbons (Fsp3) is 0.333. The summed E-state index contributed by atoms with van der Waals surface area (Å²) in [5, 5.41) is 11.0. The second-order valence-electron chi connectivity index (χ2n) is 3.10. The van der Waals surface area contributed by atoms with Crippen LogP contribution in [0.3, 0.4) is 0 Å². The lowest BCUT2D eigenvalue weighted by molar-refractivity contribution is 0.534. The van der Waals surface area contributed by atoms with Gasteiger partial charge in [-0.15, -0.1) is 10.2 Å². The van der Waals surface area contributed by atoms with E-state index in [1.54, 1.807) is 6.26 Å². The van der Waals surface area contributed by atoms with E-state index < -0.39 is 0 Å². The fourth-order valence-electron chi connectivity index (χ4n) is 1.36.